The first-order chi connectivity index (χ1) is 8.40. The van der Waals surface area contributed by atoms with Crippen LogP contribution >= 0.6 is 0 Å². The zero-order chi connectivity index (χ0) is 13.0. The number of hydrogen-bond donors (Lipinski definition) is 2. The molecule has 1 saturated carbocycles. The maximum absolute atomic E-state index is 13.0. The quantitative estimate of drug-likeness (QED) is 0.739. The lowest BCUT2D eigenvalue weighted by molar-refractivity contribution is -0.166. The number of carbonyl (C=O) groups excluding carboxylic acids is 1. The summed E-state index contributed by atoms with van der Waals surface area (Å²) in [5, 5.41) is 5.47. The number of hydrogen-bond acceptors (Lipinski definition) is 3. The van der Waals surface area contributed by atoms with Crippen molar-refractivity contribution in [2.24, 2.45) is 10.4 Å². The lowest BCUT2D eigenvalue weighted by atomic mass is 9.89. The van der Waals surface area contributed by atoms with E-state index in [2.05, 4.69) is 15.6 Å². The van der Waals surface area contributed by atoms with Crippen LogP contribution in [0, 0.1) is 5.41 Å². The molecule has 0 unspecified atom stereocenters. The molecule has 0 aromatic rings. The zero-order valence-corrected chi connectivity index (χ0v) is 9.73. The van der Waals surface area contributed by atoms with Crippen LogP contribution < -0.4 is 10.6 Å². The first-order valence-electron chi connectivity index (χ1n) is 6.09. The lowest BCUT2D eigenvalue weighted by Crippen LogP contribution is -2.48. The van der Waals surface area contributed by atoms with Gasteiger partial charge < -0.3 is 10.6 Å². The Bertz CT molecular complexity index is 420. The SMILES string of the molecule is O=C1NC(C2(C(F)(F)F)CC2)=NC12CCNCC2. The predicted octanol–water partition coefficient (Wildman–Crippen LogP) is 0.979. The van der Waals surface area contributed by atoms with Crippen LogP contribution in [-0.2, 0) is 4.79 Å². The topological polar surface area (TPSA) is 53.5 Å². The molecular weight excluding hydrogens is 247 g/mol. The van der Waals surface area contributed by atoms with E-state index in [0.29, 0.717) is 25.9 Å². The van der Waals surface area contributed by atoms with Gasteiger partial charge in [0.2, 0.25) is 0 Å². The smallest absolute Gasteiger partial charge is 0.317 e. The van der Waals surface area contributed by atoms with Gasteiger partial charge in [0.05, 0.1) is 0 Å². The number of rotatable bonds is 1. The summed E-state index contributed by atoms with van der Waals surface area (Å²) in [7, 11) is 0. The van der Waals surface area contributed by atoms with Gasteiger partial charge in [0.15, 0.2) is 0 Å². The Kier molecular flexibility index (Phi) is 2.30. The van der Waals surface area contributed by atoms with E-state index in [9.17, 15) is 18.0 Å². The molecular formula is C11H14F3N3O. The maximum Gasteiger partial charge on any atom is 0.401 e. The van der Waals surface area contributed by atoms with Crippen molar-refractivity contribution in [2.45, 2.75) is 37.4 Å². The van der Waals surface area contributed by atoms with E-state index in [1.54, 1.807) is 0 Å². The lowest BCUT2D eigenvalue weighted by Gasteiger charge is -2.28. The van der Waals surface area contributed by atoms with Crippen molar-refractivity contribution in [1.29, 1.82) is 0 Å². The largest absolute Gasteiger partial charge is 0.401 e. The molecule has 3 aliphatic rings. The molecule has 4 nitrogen and oxygen atoms in total. The molecule has 0 bridgehead atoms. The highest BCUT2D eigenvalue weighted by Crippen LogP contribution is 2.59. The summed E-state index contributed by atoms with van der Waals surface area (Å²) in [6.45, 7) is 1.23. The van der Waals surface area contributed by atoms with Crippen LogP contribution in [-0.4, -0.2) is 36.5 Å². The van der Waals surface area contributed by atoms with Gasteiger partial charge in [-0.05, 0) is 38.8 Å². The van der Waals surface area contributed by atoms with Gasteiger partial charge in [-0.3, -0.25) is 9.79 Å². The van der Waals surface area contributed by atoms with Gasteiger partial charge >= 0.3 is 6.18 Å². The Labute approximate surface area is 102 Å². The highest BCUT2D eigenvalue weighted by molar-refractivity contribution is 6.11. The van der Waals surface area contributed by atoms with Gasteiger partial charge in [0.25, 0.3) is 5.91 Å². The molecule has 2 fully saturated rings. The second kappa shape index (κ2) is 3.46. The predicted molar refractivity (Wildman–Crippen MR) is 58.1 cm³/mol. The normalized spacial score (nSPS) is 29.1. The van der Waals surface area contributed by atoms with Crippen molar-refractivity contribution in [2.75, 3.05) is 13.1 Å². The van der Waals surface area contributed by atoms with E-state index < -0.39 is 17.1 Å². The monoisotopic (exact) mass is 261 g/mol. The average molecular weight is 261 g/mol. The molecule has 2 heterocycles. The van der Waals surface area contributed by atoms with Gasteiger partial charge in [-0.25, -0.2) is 0 Å². The molecule has 0 aromatic carbocycles. The van der Waals surface area contributed by atoms with Crippen molar-refractivity contribution in [3.8, 4) is 0 Å². The second-order valence-corrected chi connectivity index (χ2v) is 5.28. The van der Waals surface area contributed by atoms with Crippen LogP contribution in [0.1, 0.15) is 25.7 Å². The fraction of sp³-hybridized carbons (Fsp3) is 0.818. The number of nitrogens with zero attached hydrogens (tertiary/aromatic N) is 1. The summed E-state index contributed by atoms with van der Waals surface area (Å²) in [4.78, 5) is 16.1. The minimum absolute atomic E-state index is 0.0317. The summed E-state index contributed by atoms with van der Waals surface area (Å²) < 4.78 is 39.0. The number of nitrogens with one attached hydrogen (secondary N) is 2. The van der Waals surface area contributed by atoms with Crippen molar-refractivity contribution in [3.05, 3.63) is 0 Å². The Balaban J connectivity index is 1.92. The highest BCUT2D eigenvalue weighted by Gasteiger charge is 2.69. The van der Waals surface area contributed by atoms with Crippen LogP contribution in [0.5, 0.6) is 0 Å². The van der Waals surface area contributed by atoms with Crippen molar-refractivity contribution in [1.82, 2.24) is 10.6 Å². The molecule has 0 aromatic heterocycles. The first-order valence-corrected chi connectivity index (χ1v) is 6.09. The van der Waals surface area contributed by atoms with E-state index >= 15 is 0 Å². The molecule has 2 aliphatic heterocycles. The third kappa shape index (κ3) is 1.49. The molecule has 2 N–H and O–H groups in total. The number of amidine groups is 1. The van der Waals surface area contributed by atoms with E-state index in [0.717, 1.165) is 0 Å². The Hall–Kier alpha value is -1.11. The van der Waals surface area contributed by atoms with Crippen LogP contribution in [0.25, 0.3) is 0 Å². The third-order valence-electron chi connectivity index (χ3n) is 4.16. The van der Waals surface area contributed by atoms with Crippen molar-refractivity contribution in [3.63, 3.8) is 0 Å². The minimum Gasteiger partial charge on any atom is -0.317 e. The molecule has 1 saturated heterocycles. The maximum atomic E-state index is 13.0. The molecule has 1 amide bonds. The van der Waals surface area contributed by atoms with Gasteiger partial charge in [0.1, 0.15) is 16.8 Å². The fourth-order valence-corrected chi connectivity index (χ4v) is 2.70. The molecule has 0 atom stereocenters. The van der Waals surface area contributed by atoms with E-state index in [1.165, 1.54) is 0 Å². The van der Waals surface area contributed by atoms with E-state index in [-0.39, 0.29) is 24.6 Å². The number of halogens is 3. The molecule has 7 heteroatoms. The van der Waals surface area contributed by atoms with Crippen molar-refractivity contribution < 1.29 is 18.0 Å². The third-order valence-corrected chi connectivity index (χ3v) is 4.16. The summed E-state index contributed by atoms with van der Waals surface area (Å²) in [6, 6.07) is 0. The molecule has 1 aliphatic carbocycles. The highest BCUT2D eigenvalue weighted by atomic mass is 19.4. The van der Waals surface area contributed by atoms with E-state index in [1.807, 2.05) is 0 Å². The zero-order valence-electron chi connectivity index (χ0n) is 9.73. The number of piperidine rings is 1. The van der Waals surface area contributed by atoms with Crippen LogP contribution in [0.2, 0.25) is 0 Å². The van der Waals surface area contributed by atoms with Crippen LogP contribution in [0.15, 0.2) is 4.99 Å². The van der Waals surface area contributed by atoms with Gasteiger partial charge in [-0.2, -0.15) is 13.2 Å². The van der Waals surface area contributed by atoms with Crippen molar-refractivity contribution >= 4 is 11.7 Å². The Morgan fingerprint density at radius 3 is 2.22 bits per heavy atom. The van der Waals surface area contributed by atoms with Gasteiger partial charge in [-0.15, -0.1) is 0 Å². The molecule has 1 spiro atoms. The van der Waals surface area contributed by atoms with E-state index in [4.69, 9.17) is 0 Å². The minimum atomic E-state index is -4.32. The standard InChI is InChI=1S/C11H14F3N3O/c12-11(13,14)9(1-2-9)7-16-8(18)10(17-7)3-5-15-6-4-10/h15H,1-6H2,(H,16,17,18). The fourth-order valence-electron chi connectivity index (χ4n) is 2.70. The Morgan fingerprint density at radius 2 is 1.72 bits per heavy atom. The number of alkyl halides is 3. The summed E-state index contributed by atoms with van der Waals surface area (Å²) >= 11 is 0. The number of aliphatic imine (C=N–C) groups is 1. The number of carbonyl (C=O) groups is 1. The number of amides is 1. The summed E-state index contributed by atoms with van der Waals surface area (Å²) in [5.74, 6) is -0.517. The molecule has 3 rings (SSSR count). The molecule has 100 valence electrons. The van der Waals surface area contributed by atoms with Crippen LogP contribution in [0.4, 0.5) is 13.2 Å². The average Bonchev–Trinajstić information content (AvgIpc) is 3.05. The molecule has 18 heavy (non-hydrogen) atoms. The summed E-state index contributed by atoms with van der Waals surface area (Å²) in [5.41, 5.74) is -2.83. The van der Waals surface area contributed by atoms with Gasteiger partial charge in [-0.1, -0.05) is 0 Å². The van der Waals surface area contributed by atoms with Crippen LogP contribution in [0.3, 0.4) is 0 Å². The van der Waals surface area contributed by atoms with Gasteiger partial charge in [0, 0.05) is 0 Å². The summed E-state index contributed by atoms with van der Waals surface area (Å²) in [6.07, 6.45) is -3.32. The second-order valence-electron chi connectivity index (χ2n) is 5.28. The molecule has 0 radical (unpaired) electrons. The first kappa shape index (κ1) is 12.0. The Morgan fingerprint density at radius 1 is 1.11 bits per heavy atom.